The molecule has 0 unspecified atom stereocenters. The van der Waals surface area contributed by atoms with E-state index in [4.69, 9.17) is 15.2 Å². The van der Waals surface area contributed by atoms with Gasteiger partial charge < -0.3 is 25.4 Å². The third kappa shape index (κ3) is 5.01. The van der Waals surface area contributed by atoms with E-state index in [0.29, 0.717) is 38.3 Å². The summed E-state index contributed by atoms with van der Waals surface area (Å²) in [5.41, 5.74) is 6.35. The van der Waals surface area contributed by atoms with Crippen molar-refractivity contribution in [2.75, 3.05) is 26.8 Å². The molecule has 7 nitrogen and oxygen atoms in total. The lowest BCUT2D eigenvalue weighted by molar-refractivity contribution is -0.124. The van der Waals surface area contributed by atoms with Gasteiger partial charge in [0.1, 0.15) is 6.04 Å². The number of primary amides is 1. The molecule has 3 N–H and O–H groups in total. The zero-order valence-electron chi connectivity index (χ0n) is 14.9. The third-order valence-corrected chi connectivity index (χ3v) is 4.24. The van der Waals surface area contributed by atoms with Gasteiger partial charge in [0.15, 0.2) is 11.5 Å². The van der Waals surface area contributed by atoms with Crippen molar-refractivity contribution in [1.82, 2.24) is 10.2 Å². The molecule has 2 rings (SSSR count). The van der Waals surface area contributed by atoms with Gasteiger partial charge in [-0.1, -0.05) is 13.0 Å². The van der Waals surface area contributed by atoms with Crippen molar-refractivity contribution in [3.05, 3.63) is 23.8 Å². The Labute approximate surface area is 148 Å². The zero-order valence-corrected chi connectivity index (χ0v) is 14.9. The molecule has 1 fully saturated rings. The molecule has 0 aliphatic carbocycles. The molecule has 1 heterocycles. The van der Waals surface area contributed by atoms with E-state index in [1.165, 1.54) is 4.90 Å². The molecule has 1 saturated heterocycles. The van der Waals surface area contributed by atoms with Crippen LogP contribution in [0.25, 0.3) is 0 Å². The van der Waals surface area contributed by atoms with Crippen LogP contribution in [0.1, 0.15) is 31.7 Å². The Morgan fingerprint density at radius 3 is 2.84 bits per heavy atom. The minimum atomic E-state index is -0.537. The molecular formula is C18H27N3O4. The summed E-state index contributed by atoms with van der Waals surface area (Å²) in [6.45, 7) is 3.72. The second-order valence-corrected chi connectivity index (χ2v) is 6.06. The first-order valence-electron chi connectivity index (χ1n) is 8.70. The van der Waals surface area contributed by atoms with Crippen LogP contribution in [0.4, 0.5) is 4.79 Å². The molecule has 1 aliphatic heterocycles. The van der Waals surface area contributed by atoms with E-state index >= 15 is 0 Å². The molecule has 1 aromatic rings. The second kappa shape index (κ2) is 9.15. The molecule has 0 radical (unpaired) electrons. The number of ether oxygens (including phenoxy) is 2. The van der Waals surface area contributed by atoms with Crippen molar-refractivity contribution in [2.45, 2.75) is 38.6 Å². The number of amides is 3. The van der Waals surface area contributed by atoms with Gasteiger partial charge in [-0.3, -0.25) is 4.79 Å². The van der Waals surface area contributed by atoms with Gasteiger partial charge in [0.2, 0.25) is 5.91 Å². The molecule has 7 heteroatoms. The summed E-state index contributed by atoms with van der Waals surface area (Å²) >= 11 is 0. The van der Waals surface area contributed by atoms with Crippen LogP contribution in [0.2, 0.25) is 0 Å². The number of hydrogen-bond donors (Lipinski definition) is 2. The first kappa shape index (κ1) is 18.9. The maximum atomic E-state index is 12.2. The Bertz CT molecular complexity index is 606. The van der Waals surface area contributed by atoms with Gasteiger partial charge in [-0.2, -0.15) is 0 Å². The van der Waals surface area contributed by atoms with Gasteiger partial charge in [0.25, 0.3) is 0 Å². The molecule has 0 bridgehead atoms. The summed E-state index contributed by atoms with van der Waals surface area (Å²) in [4.78, 5) is 25.0. The summed E-state index contributed by atoms with van der Waals surface area (Å²) in [7, 11) is 1.61. The highest BCUT2D eigenvalue weighted by Gasteiger charge is 2.32. The number of likely N-dealkylation sites (tertiary alicyclic amines) is 1. The summed E-state index contributed by atoms with van der Waals surface area (Å²) in [5, 5.41) is 2.88. The molecule has 0 saturated carbocycles. The lowest BCUT2D eigenvalue weighted by Crippen LogP contribution is -2.48. The van der Waals surface area contributed by atoms with Crippen molar-refractivity contribution in [3.63, 3.8) is 0 Å². The number of carbonyl (C=O) groups is 2. The normalized spacial score (nSPS) is 16.6. The summed E-state index contributed by atoms with van der Waals surface area (Å²) in [5.74, 6) is 1.26. The van der Waals surface area contributed by atoms with Crippen molar-refractivity contribution in [3.8, 4) is 11.5 Å². The monoisotopic (exact) mass is 349 g/mol. The fourth-order valence-electron chi connectivity index (χ4n) is 2.95. The number of hydrogen-bond acceptors (Lipinski definition) is 4. The van der Waals surface area contributed by atoms with Crippen LogP contribution < -0.4 is 20.5 Å². The van der Waals surface area contributed by atoms with Gasteiger partial charge in [-0.15, -0.1) is 0 Å². The quantitative estimate of drug-likeness (QED) is 0.747. The first-order valence-corrected chi connectivity index (χ1v) is 8.70. The molecule has 0 aromatic heterocycles. The fraction of sp³-hybridized carbons (Fsp3) is 0.556. The number of urea groups is 1. The SMILES string of the molecule is CCCOc1ccc(CCNC(=O)[C@@H]2CCCN2C(N)=O)cc1OC. The Morgan fingerprint density at radius 1 is 1.36 bits per heavy atom. The van der Waals surface area contributed by atoms with Crippen LogP contribution in [0.15, 0.2) is 18.2 Å². The number of nitrogens with zero attached hydrogens (tertiary/aromatic N) is 1. The molecule has 1 aliphatic rings. The molecule has 1 aromatic carbocycles. The van der Waals surface area contributed by atoms with E-state index < -0.39 is 12.1 Å². The van der Waals surface area contributed by atoms with Crippen molar-refractivity contribution < 1.29 is 19.1 Å². The van der Waals surface area contributed by atoms with Gasteiger partial charge in [-0.25, -0.2) is 4.79 Å². The molecule has 25 heavy (non-hydrogen) atoms. The standard InChI is InChI=1S/C18H27N3O4/c1-3-11-25-15-7-6-13(12-16(15)24-2)8-9-20-17(22)14-5-4-10-21(14)18(19)23/h6-7,12,14H,3-5,8-11H2,1-2H3,(H2,19,23)(H,20,22)/t14-/m0/s1. The average Bonchev–Trinajstić information content (AvgIpc) is 3.10. The van der Waals surface area contributed by atoms with Crippen LogP contribution in [0, 0.1) is 0 Å². The fourth-order valence-corrected chi connectivity index (χ4v) is 2.95. The minimum Gasteiger partial charge on any atom is -0.493 e. The van der Waals surface area contributed by atoms with Crippen LogP contribution in [0.5, 0.6) is 11.5 Å². The van der Waals surface area contributed by atoms with E-state index in [0.717, 1.165) is 24.2 Å². The molecule has 0 spiro atoms. The first-order chi connectivity index (χ1) is 12.1. The number of methoxy groups -OCH3 is 1. The Hall–Kier alpha value is -2.44. The maximum Gasteiger partial charge on any atom is 0.315 e. The van der Waals surface area contributed by atoms with Crippen molar-refractivity contribution >= 4 is 11.9 Å². The zero-order chi connectivity index (χ0) is 18.2. The molecule has 3 amide bonds. The number of benzene rings is 1. The lowest BCUT2D eigenvalue weighted by atomic mass is 10.1. The number of rotatable bonds is 8. The highest BCUT2D eigenvalue weighted by Crippen LogP contribution is 2.28. The number of nitrogens with two attached hydrogens (primary N) is 1. The van der Waals surface area contributed by atoms with E-state index in [-0.39, 0.29) is 5.91 Å². The average molecular weight is 349 g/mol. The van der Waals surface area contributed by atoms with E-state index in [9.17, 15) is 9.59 Å². The Morgan fingerprint density at radius 2 is 2.16 bits per heavy atom. The van der Waals surface area contributed by atoms with Crippen LogP contribution >= 0.6 is 0 Å². The topological polar surface area (TPSA) is 93.9 Å². The van der Waals surface area contributed by atoms with Crippen LogP contribution in [0.3, 0.4) is 0 Å². The summed E-state index contributed by atoms with van der Waals surface area (Å²) in [6.07, 6.45) is 3.06. The van der Waals surface area contributed by atoms with Gasteiger partial charge in [0, 0.05) is 13.1 Å². The summed E-state index contributed by atoms with van der Waals surface area (Å²) < 4.78 is 11.0. The van der Waals surface area contributed by atoms with E-state index in [1.807, 2.05) is 25.1 Å². The van der Waals surface area contributed by atoms with Gasteiger partial charge in [0.05, 0.1) is 13.7 Å². The number of carbonyl (C=O) groups excluding carboxylic acids is 2. The maximum absolute atomic E-state index is 12.2. The third-order valence-electron chi connectivity index (χ3n) is 4.24. The highest BCUT2D eigenvalue weighted by atomic mass is 16.5. The Balaban J connectivity index is 1.86. The number of nitrogens with one attached hydrogen (secondary N) is 1. The lowest BCUT2D eigenvalue weighted by Gasteiger charge is -2.21. The van der Waals surface area contributed by atoms with Crippen LogP contribution in [-0.2, 0) is 11.2 Å². The van der Waals surface area contributed by atoms with Gasteiger partial charge >= 0.3 is 6.03 Å². The molecule has 1 atom stereocenters. The predicted molar refractivity (Wildman–Crippen MR) is 94.8 cm³/mol. The largest absolute Gasteiger partial charge is 0.493 e. The minimum absolute atomic E-state index is 0.147. The van der Waals surface area contributed by atoms with E-state index in [1.54, 1.807) is 7.11 Å². The smallest absolute Gasteiger partial charge is 0.315 e. The van der Waals surface area contributed by atoms with Crippen molar-refractivity contribution in [2.24, 2.45) is 5.73 Å². The van der Waals surface area contributed by atoms with Crippen molar-refractivity contribution in [1.29, 1.82) is 0 Å². The predicted octanol–water partition coefficient (Wildman–Crippen LogP) is 1.69. The molecule has 138 valence electrons. The highest BCUT2D eigenvalue weighted by molar-refractivity contribution is 5.87. The van der Waals surface area contributed by atoms with E-state index in [2.05, 4.69) is 5.32 Å². The molecular weight excluding hydrogens is 322 g/mol. The Kier molecular flexibility index (Phi) is 6.91. The van der Waals surface area contributed by atoms with Crippen LogP contribution in [-0.4, -0.2) is 49.7 Å². The van der Waals surface area contributed by atoms with Gasteiger partial charge in [-0.05, 0) is 43.4 Å². The summed E-state index contributed by atoms with van der Waals surface area (Å²) in [6, 6.07) is 4.78. The second-order valence-electron chi connectivity index (χ2n) is 6.06.